The van der Waals surface area contributed by atoms with Crippen molar-refractivity contribution >= 4 is 28.6 Å². The van der Waals surface area contributed by atoms with Gasteiger partial charge in [0.25, 0.3) is 0 Å². The Hall–Kier alpha value is -5.06. The first-order valence-electron chi connectivity index (χ1n) is 11.0. The summed E-state index contributed by atoms with van der Waals surface area (Å²) < 4.78 is 9.43. The van der Waals surface area contributed by atoms with Crippen LogP contribution in [0, 0.1) is 6.92 Å². The Bertz CT molecular complexity index is 1620. The number of aromatic nitrogens is 7. The second-order valence-electron chi connectivity index (χ2n) is 8.08. The Labute approximate surface area is 206 Å². The van der Waals surface area contributed by atoms with Gasteiger partial charge in [0.2, 0.25) is 5.91 Å². The molecule has 5 rings (SSSR count). The summed E-state index contributed by atoms with van der Waals surface area (Å²) in [6.45, 7) is 5.36. The molecule has 0 aliphatic rings. The van der Waals surface area contributed by atoms with Gasteiger partial charge in [0.1, 0.15) is 23.5 Å². The van der Waals surface area contributed by atoms with E-state index in [2.05, 4.69) is 36.9 Å². The van der Waals surface area contributed by atoms with Crippen molar-refractivity contribution in [1.82, 2.24) is 34.3 Å². The fraction of sp³-hybridized carbons (Fsp3) is 0.120. The Morgan fingerprint density at radius 2 is 1.92 bits per heavy atom. The third-order valence-electron chi connectivity index (χ3n) is 5.68. The molecule has 3 N–H and O–H groups in total. The number of hydrogen-bond donors (Lipinski definition) is 2. The van der Waals surface area contributed by atoms with E-state index in [0.717, 1.165) is 28.2 Å². The smallest absolute Gasteiger partial charge is 0.322 e. The van der Waals surface area contributed by atoms with Gasteiger partial charge in [-0.3, -0.25) is 9.48 Å². The number of carbonyl (C=O) groups excluding carboxylic acids is 1. The Kier molecular flexibility index (Phi) is 5.65. The number of anilines is 2. The Balaban J connectivity index is 1.64. The number of rotatable bonds is 6. The summed E-state index contributed by atoms with van der Waals surface area (Å²) in [5.41, 5.74) is 11.1. The van der Waals surface area contributed by atoms with Crippen LogP contribution in [-0.2, 0) is 18.9 Å². The molecule has 0 saturated heterocycles. The zero-order valence-corrected chi connectivity index (χ0v) is 19.9. The lowest BCUT2D eigenvalue weighted by molar-refractivity contribution is -0.111. The first-order valence-corrected chi connectivity index (χ1v) is 11.0. The highest BCUT2D eigenvalue weighted by molar-refractivity contribution is 6.07. The van der Waals surface area contributed by atoms with Crippen molar-refractivity contribution in [3.63, 3.8) is 0 Å². The molecule has 1 aromatic carbocycles. The lowest BCUT2D eigenvalue weighted by Crippen LogP contribution is -2.07. The van der Waals surface area contributed by atoms with Crippen LogP contribution in [0.2, 0.25) is 0 Å². The van der Waals surface area contributed by atoms with E-state index in [-0.39, 0.29) is 11.9 Å². The standard InChI is InChI=1S/C25H23N9O2/c1-5-19(35)31-18-12-17(34(4)32-18)22-20(21-23(26)28-13-29-24(21)33(22)3)15-6-8-16(9-7-15)36-25-27-11-10-14(2)30-25/h5-13H,1H2,2-4H3,(H2,26,28,29)(H,31,32,35). The maximum Gasteiger partial charge on any atom is 0.322 e. The molecule has 4 aromatic heterocycles. The summed E-state index contributed by atoms with van der Waals surface area (Å²) in [6, 6.07) is 11.4. The first-order chi connectivity index (χ1) is 17.4. The molecule has 0 atom stereocenters. The van der Waals surface area contributed by atoms with Gasteiger partial charge < -0.3 is 20.4 Å². The average Bonchev–Trinajstić information content (AvgIpc) is 3.36. The number of nitrogens with zero attached hydrogens (tertiary/aromatic N) is 7. The van der Waals surface area contributed by atoms with Crippen LogP contribution in [0.15, 0.2) is 61.6 Å². The molecule has 5 aromatic rings. The minimum absolute atomic E-state index is 0.273. The van der Waals surface area contributed by atoms with Crippen molar-refractivity contribution in [2.75, 3.05) is 11.1 Å². The molecule has 0 unspecified atom stereocenters. The molecule has 11 heteroatoms. The van der Waals surface area contributed by atoms with Crippen LogP contribution in [0.4, 0.5) is 11.6 Å². The van der Waals surface area contributed by atoms with Crippen molar-refractivity contribution in [3.8, 4) is 34.3 Å². The van der Waals surface area contributed by atoms with Gasteiger partial charge in [-0.25, -0.2) is 19.9 Å². The zero-order valence-electron chi connectivity index (χ0n) is 19.9. The molecule has 0 spiro atoms. The number of fused-ring (bicyclic) bond motifs is 1. The Morgan fingerprint density at radius 3 is 2.64 bits per heavy atom. The maximum atomic E-state index is 11.8. The topological polar surface area (TPSA) is 139 Å². The highest BCUT2D eigenvalue weighted by Gasteiger charge is 2.24. The normalized spacial score (nSPS) is 11.0. The summed E-state index contributed by atoms with van der Waals surface area (Å²) in [5.74, 6) is 0.993. The molecule has 36 heavy (non-hydrogen) atoms. The molecular formula is C25H23N9O2. The molecule has 0 aliphatic carbocycles. The summed E-state index contributed by atoms with van der Waals surface area (Å²) in [4.78, 5) is 28.9. The van der Waals surface area contributed by atoms with E-state index in [1.54, 1.807) is 30.1 Å². The fourth-order valence-electron chi connectivity index (χ4n) is 4.05. The zero-order chi connectivity index (χ0) is 25.4. The quantitative estimate of drug-likeness (QED) is 0.351. The minimum atomic E-state index is -0.347. The third-order valence-corrected chi connectivity index (χ3v) is 5.68. The van der Waals surface area contributed by atoms with Crippen LogP contribution >= 0.6 is 0 Å². The van der Waals surface area contributed by atoms with E-state index in [0.29, 0.717) is 28.4 Å². The number of amides is 1. The van der Waals surface area contributed by atoms with Crippen molar-refractivity contribution in [2.24, 2.45) is 14.1 Å². The number of nitrogens with two attached hydrogens (primary N) is 1. The van der Waals surface area contributed by atoms with E-state index in [9.17, 15) is 4.79 Å². The second kappa shape index (κ2) is 8.95. The van der Waals surface area contributed by atoms with Gasteiger partial charge in [-0.05, 0) is 36.8 Å². The molecule has 0 saturated carbocycles. The maximum absolute atomic E-state index is 11.8. The van der Waals surface area contributed by atoms with E-state index in [4.69, 9.17) is 10.5 Å². The molecule has 1 amide bonds. The van der Waals surface area contributed by atoms with E-state index < -0.39 is 0 Å². The number of hydrogen-bond acceptors (Lipinski definition) is 8. The lowest BCUT2D eigenvalue weighted by atomic mass is 10.0. The van der Waals surface area contributed by atoms with Crippen molar-refractivity contribution in [2.45, 2.75) is 6.92 Å². The summed E-state index contributed by atoms with van der Waals surface area (Å²) in [7, 11) is 3.70. The molecule has 0 fully saturated rings. The van der Waals surface area contributed by atoms with Gasteiger partial charge in [0.15, 0.2) is 5.82 Å². The van der Waals surface area contributed by atoms with Gasteiger partial charge in [0.05, 0.1) is 16.8 Å². The molecular weight excluding hydrogens is 458 g/mol. The lowest BCUT2D eigenvalue weighted by Gasteiger charge is -2.10. The van der Waals surface area contributed by atoms with Gasteiger partial charge in [0, 0.05) is 37.6 Å². The number of nitrogens with one attached hydrogen (secondary N) is 1. The SMILES string of the molecule is C=CC(=O)Nc1cc(-c2c(-c3ccc(Oc4nccc(C)n4)cc3)c3c(N)ncnc3n2C)n(C)n1. The summed E-state index contributed by atoms with van der Waals surface area (Å²) in [6.07, 6.45) is 4.28. The molecule has 0 aliphatic heterocycles. The number of aryl methyl sites for hydroxylation is 3. The Morgan fingerprint density at radius 1 is 1.14 bits per heavy atom. The average molecular weight is 482 g/mol. The fourth-order valence-corrected chi connectivity index (χ4v) is 4.05. The predicted octanol–water partition coefficient (Wildman–Crippen LogP) is 3.63. The van der Waals surface area contributed by atoms with Crippen molar-refractivity contribution < 1.29 is 9.53 Å². The van der Waals surface area contributed by atoms with E-state index >= 15 is 0 Å². The van der Waals surface area contributed by atoms with Crippen LogP contribution in [0.5, 0.6) is 11.8 Å². The number of carbonyl (C=O) groups is 1. The van der Waals surface area contributed by atoms with Gasteiger partial charge in [-0.2, -0.15) is 5.10 Å². The van der Waals surface area contributed by atoms with Crippen LogP contribution in [0.1, 0.15) is 5.69 Å². The molecule has 4 heterocycles. The molecule has 11 nitrogen and oxygen atoms in total. The van der Waals surface area contributed by atoms with Gasteiger partial charge >= 0.3 is 6.01 Å². The second-order valence-corrected chi connectivity index (χ2v) is 8.08. The highest BCUT2D eigenvalue weighted by Crippen LogP contribution is 2.42. The minimum Gasteiger partial charge on any atom is -0.424 e. The predicted molar refractivity (Wildman–Crippen MR) is 136 cm³/mol. The van der Waals surface area contributed by atoms with E-state index in [1.165, 1.54) is 12.4 Å². The highest BCUT2D eigenvalue weighted by atomic mass is 16.5. The summed E-state index contributed by atoms with van der Waals surface area (Å²) in [5, 5.41) is 7.85. The van der Waals surface area contributed by atoms with Gasteiger partial charge in [-0.1, -0.05) is 18.7 Å². The van der Waals surface area contributed by atoms with E-state index in [1.807, 2.05) is 42.8 Å². The monoisotopic (exact) mass is 481 g/mol. The molecule has 0 bridgehead atoms. The van der Waals surface area contributed by atoms with Crippen LogP contribution < -0.4 is 15.8 Å². The van der Waals surface area contributed by atoms with Gasteiger partial charge in [-0.15, -0.1) is 0 Å². The number of benzene rings is 1. The molecule has 180 valence electrons. The first kappa shape index (κ1) is 22.7. The third kappa shape index (κ3) is 4.02. The van der Waals surface area contributed by atoms with Crippen LogP contribution in [-0.4, -0.2) is 40.2 Å². The largest absolute Gasteiger partial charge is 0.424 e. The van der Waals surface area contributed by atoms with Crippen molar-refractivity contribution in [1.29, 1.82) is 0 Å². The number of ether oxygens (including phenoxy) is 1. The van der Waals surface area contributed by atoms with Crippen LogP contribution in [0.3, 0.4) is 0 Å². The number of nitrogen functional groups attached to an aromatic ring is 1. The molecule has 0 radical (unpaired) electrons. The summed E-state index contributed by atoms with van der Waals surface area (Å²) >= 11 is 0. The van der Waals surface area contributed by atoms with Crippen molar-refractivity contribution in [3.05, 3.63) is 67.3 Å². The van der Waals surface area contributed by atoms with Crippen LogP contribution in [0.25, 0.3) is 33.5 Å².